The van der Waals surface area contributed by atoms with Gasteiger partial charge in [0.1, 0.15) is 0 Å². The van der Waals surface area contributed by atoms with E-state index >= 15 is 0 Å². The molecule has 1 aromatic carbocycles. The molecule has 150 valence electrons. The van der Waals surface area contributed by atoms with Gasteiger partial charge in [-0.25, -0.2) is 5.10 Å². The number of aromatic nitrogens is 2. The van der Waals surface area contributed by atoms with Crippen molar-refractivity contribution in [3.05, 3.63) is 56.5 Å². The number of H-pyrrole nitrogens is 1. The second-order valence-corrected chi connectivity index (χ2v) is 9.20. The maximum Gasteiger partial charge on any atom is 0.494 e. The number of hydrogen-bond donors (Lipinski definition) is 1. The normalized spacial score (nSPS) is 18.1. The lowest BCUT2D eigenvalue weighted by molar-refractivity contribution is 0.00578. The lowest BCUT2D eigenvalue weighted by atomic mass is 9.76. The summed E-state index contributed by atoms with van der Waals surface area (Å²) in [6, 6.07) is 6.20. The molecule has 1 aromatic heterocycles. The number of hydrogen-bond acceptors (Lipinski definition) is 4. The fourth-order valence-electron chi connectivity index (χ4n) is 3.59. The molecule has 2 aromatic rings. The smallest absolute Gasteiger partial charge is 0.399 e. The highest BCUT2D eigenvalue weighted by Gasteiger charge is 2.51. The fourth-order valence-corrected chi connectivity index (χ4v) is 3.59. The molecule has 0 radical (unpaired) electrons. The SMILES string of the molecule is Cc1cc(B2OC(C)(C)C(C)(C)O2)cc(C)c1Cc1cc(C(C)C)c(=O)[nH]n1. The molecule has 1 aliphatic heterocycles. The summed E-state index contributed by atoms with van der Waals surface area (Å²) in [5, 5.41) is 6.89. The van der Waals surface area contributed by atoms with Gasteiger partial charge in [-0.05, 0) is 75.7 Å². The predicted octanol–water partition coefficient (Wildman–Crippen LogP) is 3.40. The van der Waals surface area contributed by atoms with Crippen LogP contribution in [0, 0.1) is 13.8 Å². The van der Waals surface area contributed by atoms with Gasteiger partial charge in [0, 0.05) is 12.0 Å². The number of nitrogens with one attached hydrogen (secondary N) is 1. The molecule has 0 saturated carbocycles. The zero-order chi connectivity index (χ0) is 20.9. The molecule has 0 bridgehead atoms. The first-order chi connectivity index (χ1) is 12.9. The molecule has 1 aliphatic rings. The Bertz CT molecular complexity index is 908. The third kappa shape index (κ3) is 3.80. The molecule has 0 spiro atoms. The molecule has 0 atom stereocenters. The maximum absolute atomic E-state index is 11.9. The highest BCUT2D eigenvalue weighted by Crippen LogP contribution is 2.36. The molecule has 2 heterocycles. The zero-order valence-corrected chi connectivity index (χ0v) is 18.3. The fraction of sp³-hybridized carbons (Fsp3) is 0.545. The van der Waals surface area contributed by atoms with E-state index in [1.54, 1.807) is 0 Å². The number of benzene rings is 1. The first kappa shape index (κ1) is 20.8. The molecule has 1 N–H and O–H groups in total. The highest BCUT2D eigenvalue weighted by atomic mass is 16.7. The van der Waals surface area contributed by atoms with Gasteiger partial charge in [0.25, 0.3) is 5.56 Å². The van der Waals surface area contributed by atoms with Crippen molar-refractivity contribution < 1.29 is 9.31 Å². The second kappa shape index (κ2) is 7.16. The minimum Gasteiger partial charge on any atom is -0.399 e. The van der Waals surface area contributed by atoms with Crippen molar-refractivity contribution in [3.8, 4) is 0 Å². The van der Waals surface area contributed by atoms with Gasteiger partial charge in [-0.1, -0.05) is 26.0 Å². The Morgan fingerprint density at radius 3 is 2.07 bits per heavy atom. The van der Waals surface area contributed by atoms with Crippen LogP contribution in [0.4, 0.5) is 0 Å². The molecule has 1 fully saturated rings. The van der Waals surface area contributed by atoms with Crippen LogP contribution in [0.15, 0.2) is 23.0 Å². The quantitative estimate of drug-likeness (QED) is 0.824. The van der Waals surface area contributed by atoms with E-state index in [0.717, 1.165) is 16.7 Å². The van der Waals surface area contributed by atoms with E-state index in [1.165, 1.54) is 16.7 Å². The van der Waals surface area contributed by atoms with Crippen molar-refractivity contribution in [2.75, 3.05) is 0 Å². The van der Waals surface area contributed by atoms with Crippen LogP contribution in [0.25, 0.3) is 0 Å². The van der Waals surface area contributed by atoms with Crippen molar-refractivity contribution in [2.45, 2.75) is 78.9 Å². The van der Waals surface area contributed by atoms with E-state index in [4.69, 9.17) is 9.31 Å². The first-order valence-electron chi connectivity index (χ1n) is 9.95. The average Bonchev–Trinajstić information content (AvgIpc) is 2.80. The minimum atomic E-state index is -0.366. The van der Waals surface area contributed by atoms with E-state index in [1.807, 2.05) is 19.9 Å². The molecule has 5 nitrogen and oxygen atoms in total. The summed E-state index contributed by atoms with van der Waals surface area (Å²) in [6.07, 6.45) is 0.678. The van der Waals surface area contributed by atoms with Crippen molar-refractivity contribution in [2.24, 2.45) is 0 Å². The molecule has 28 heavy (non-hydrogen) atoms. The monoisotopic (exact) mass is 382 g/mol. The molecule has 1 saturated heterocycles. The summed E-state index contributed by atoms with van der Waals surface area (Å²) >= 11 is 0. The Morgan fingerprint density at radius 1 is 1.04 bits per heavy atom. The van der Waals surface area contributed by atoms with E-state index in [0.29, 0.717) is 6.42 Å². The van der Waals surface area contributed by atoms with Crippen LogP contribution < -0.4 is 11.0 Å². The summed E-state index contributed by atoms with van der Waals surface area (Å²) in [5.74, 6) is 0.165. The summed E-state index contributed by atoms with van der Waals surface area (Å²) in [5.41, 5.74) is 5.42. The molecule has 0 aliphatic carbocycles. The lowest BCUT2D eigenvalue weighted by Crippen LogP contribution is -2.41. The standard InChI is InChI=1S/C22H31BN2O3/c1-13(2)18-11-17(24-25-20(18)26)12-19-14(3)9-16(10-15(19)4)23-27-21(5,6)22(7,8)28-23/h9-11,13H,12H2,1-8H3,(H,25,26). The minimum absolute atomic E-state index is 0.108. The van der Waals surface area contributed by atoms with Gasteiger partial charge in [0.2, 0.25) is 0 Å². The zero-order valence-electron chi connectivity index (χ0n) is 18.3. The Labute approximate surface area is 168 Å². The average molecular weight is 382 g/mol. The van der Waals surface area contributed by atoms with Crippen LogP contribution in [0.2, 0.25) is 0 Å². The van der Waals surface area contributed by atoms with Gasteiger partial charge in [0.05, 0.1) is 16.9 Å². The summed E-state index contributed by atoms with van der Waals surface area (Å²) in [7, 11) is -0.366. The Balaban J connectivity index is 1.90. The third-order valence-corrected chi connectivity index (χ3v) is 6.11. The second-order valence-electron chi connectivity index (χ2n) is 9.20. The molecule has 3 rings (SSSR count). The van der Waals surface area contributed by atoms with E-state index < -0.39 is 0 Å². The van der Waals surface area contributed by atoms with Crippen LogP contribution in [-0.2, 0) is 15.7 Å². The highest BCUT2D eigenvalue weighted by molar-refractivity contribution is 6.62. The Hall–Kier alpha value is -1.92. The van der Waals surface area contributed by atoms with Gasteiger partial charge >= 0.3 is 7.12 Å². The Kier molecular flexibility index (Phi) is 5.32. The van der Waals surface area contributed by atoms with Gasteiger partial charge < -0.3 is 9.31 Å². The van der Waals surface area contributed by atoms with Crippen molar-refractivity contribution in [1.82, 2.24) is 10.2 Å². The summed E-state index contributed by atoms with van der Waals surface area (Å²) < 4.78 is 12.4. The predicted molar refractivity (Wildman–Crippen MR) is 113 cm³/mol. The number of nitrogens with zero attached hydrogens (tertiary/aromatic N) is 1. The first-order valence-corrected chi connectivity index (χ1v) is 9.95. The largest absolute Gasteiger partial charge is 0.494 e. The topological polar surface area (TPSA) is 64.2 Å². The van der Waals surface area contributed by atoms with Crippen molar-refractivity contribution in [3.63, 3.8) is 0 Å². The molecule has 6 heteroatoms. The lowest BCUT2D eigenvalue weighted by Gasteiger charge is -2.32. The van der Waals surface area contributed by atoms with Crippen LogP contribution in [0.3, 0.4) is 0 Å². The van der Waals surface area contributed by atoms with Crippen LogP contribution in [-0.4, -0.2) is 28.5 Å². The van der Waals surface area contributed by atoms with Gasteiger partial charge in [-0.15, -0.1) is 0 Å². The van der Waals surface area contributed by atoms with Crippen molar-refractivity contribution >= 4 is 12.6 Å². The van der Waals surface area contributed by atoms with Crippen LogP contribution in [0.5, 0.6) is 0 Å². The molecule has 0 amide bonds. The number of rotatable bonds is 4. The Morgan fingerprint density at radius 2 is 1.57 bits per heavy atom. The molecular weight excluding hydrogens is 351 g/mol. The third-order valence-electron chi connectivity index (χ3n) is 6.11. The summed E-state index contributed by atoms with van der Waals surface area (Å²) in [6.45, 7) is 16.5. The maximum atomic E-state index is 11.9. The van der Waals surface area contributed by atoms with Crippen molar-refractivity contribution in [1.29, 1.82) is 0 Å². The van der Waals surface area contributed by atoms with E-state index in [-0.39, 0.29) is 29.8 Å². The number of aromatic amines is 1. The van der Waals surface area contributed by atoms with Crippen LogP contribution in [0.1, 0.15) is 75.4 Å². The molecular formula is C22H31BN2O3. The number of aryl methyl sites for hydroxylation is 2. The van der Waals surface area contributed by atoms with E-state index in [2.05, 4.69) is 63.9 Å². The van der Waals surface area contributed by atoms with E-state index in [9.17, 15) is 4.79 Å². The van der Waals surface area contributed by atoms with Gasteiger partial charge in [-0.3, -0.25) is 4.79 Å². The summed E-state index contributed by atoms with van der Waals surface area (Å²) in [4.78, 5) is 11.9. The van der Waals surface area contributed by atoms with Gasteiger partial charge in [0.15, 0.2) is 0 Å². The molecule has 0 unspecified atom stereocenters. The van der Waals surface area contributed by atoms with Crippen LogP contribution >= 0.6 is 0 Å². The van der Waals surface area contributed by atoms with Gasteiger partial charge in [-0.2, -0.15) is 5.10 Å².